The number of carbonyl (C=O) groups is 3. The lowest BCUT2D eigenvalue weighted by Crippen LogP contribution is -2.46. The van der Waals surface area contributed by atoms with E-state index in [-0.39, 0.29) is 40.7 Å². The lowest BCUT2D eigenvalue weighted by Gasteiger charge is -2.39. The first-order valence-electron chi connectivity index (χ1n) is 11.8. The van der Waals surface area contributed by atoms with E-state index in [0.717, 1.165) is 30.9 Å². The smallest absolute Gasteiger partial charge is 0.338 e. The normalized spacial score (nSPS) is 16.6. The number of likely N-dealkylation sites (tertiary alicyclic amines) is 2. The monoisotopic (exact) mass is 495 g/mol. The molecule has 10 heteroatoms. The fraction of sp³-hybridized carbons (Fsp3) is 0.423. The lowest BCUT2D eigenvalue weighted by molar-refractivity contribution is -0.384. The van der Waals surface area contributed by atoms with Crippen molar-refractivity contribution in [3.05, 3.63) is 69.3 Å². The van der Waals surface area contributed by atoms with Crippen LogP contribution in [0.15, 0.2) is 42.5 Å². The number of hydrogen-bond donors (Lipinski definition) is 0. The zero-order chi connectivity index (χ0) is 25.9. The van der Waals surface area contributed by atoms with Gasteiger partial charge in [-0.2, -0.15) is 0 Å². The molecule has 2 aliphatic heterocycles. The van der Waals surface area contributed by atoms with Crippen LogP contribution >= 0.6 is 0 Å². The highest BCUT2D eigenvalue weighted by Crippen LogP contribution is 2.41. The van der Waals surface area contributed by atoms with Gasteiger partial charge in [-0.25, -0.2) is 4.79 Å². The van der Waals surface area contributed by atoms with Gasteiger partial charge in [0.1, 0.15) is 5.75 Å². The predicted molar refractivity (Wildman–Crippen MR) is 130 cm³/mol. The van der Waals surface area contributed by atoms with Crippen molar-refractivity contribution < 1.29 is 28.8 Å². The molecular weight excluding hydrogens is 466 g/mol. The Hall–Kier alpha value is -3.95. The topological polar surface area (TPSA) is 119 Å². The number of ether oxygens (including phenoxy) is 2. The summed E-state index contributed by atoms with van der Waals surface area (Å²) >= 11 is 0. The highest BCUT2D eigenvalue weighted by atomic mass is 16.6. The van der Waals surface area contributed by atoms with Gasteiger partial charge in [0.15, 0.2) is 6.61 Å². The van der Waals surface area contributed by atoms with Crippen molar-refractivity contribution in [1.29, 1.82) is 0 Å². The number of aryl methyl sites for hydroxylation is 1. The number of nitro groups is 1. The molecule has 2 amide bonds. The van der Waals surface area contributed by atoms with Crippen LogP contribution in [0.1, 0.15) is 45.5 Å². The van der Waals surface area contributed by atoms with Gasteiger partial charge in [0.2, 0.25) is 0 Å². The number of rotatable bonds is 6. The third-order valence-corrected chi connectivity index (χ3v) is 7.14. The molecule has 2 aromatic carbocycles. The van der Waals surface area contributed by atoms with Gasteiger partial charge in [0.05, 0.1) is 17.6 Å². The Kier molecular flexibility index (Phi) is 7.23. The van der Waals surface area contributed by atoms with Crippen LogP contribution in [0.2, 0.25) is 0 Å². The van der Waals surface area contributed by atoms with E-state index in [9.17, 15) is 24.5 Å². The van der Waals surface area contributed by atoms with Crippen molar-refractivity contribution in [1.82, 2.24) is 9.80 Å². The van der Waals surface area contributed by atoms with E-state index < -0.39 is 10.9 Å². The molecule has 2 aliphatic rings. The van der Waals surface area contributed by atoms with Gasteiger partial charge in [-0.15, -0.1) is 0 Å². The number of methoxy groups -OCH3 is 1. The largest absolute Gasteiger partial charge is 0.484 e. The van der Waals surface area contributed by atoms with Crippen molar-refractivity contribution in [2.45, 2.75) is 26.2 Å². The molecule has 190 valence electrons. The summed E-state index contributed by atoms with van der Waals surface area (Å²) in [6.07, 6.45) is 2.31. The molecule has 0 aromatic heterocycles. The summed E-state index contributed by atoms with van der Waals surface area (Å²) in [4.78, 5) is 52.0. The second kappa shape index (κ2) is 10.3. The summed E-state index contributed by atoms with van der Waals surface area (Å²) in [5, 5.41) is 11.3. The summed E-state index contributed by atoms with van der Waals surface area (Å²) in [7, 11) is 1.18. The van der Waals surface area contributed by atoms with Crippen molar-refractivity contribution in [3.8, 4) is 5.75 Å². The Bertz CT molecular complexity index is 1190. The molecule has 0 radical (unpaired) electrons. The van der Waals surface area contributed by atoms with Crippen molar-refractivity contribution in [2.24, 2.45) is 5.41 Å². The first-order valence-corrected chi connectivity index (χ1v) is 11.8. The average molecular weight is 496 g/mol. The summed E-state index contributed by atoms with van der Waals surface area (Å²) in [6.45, 7) is 4.10. The van der Waals surface area contributed by atoms with Crippen LogP contribution in [0.5, 0.6) is 5.75 Å². The van der Waals surface area contributed by atoms with Crippen LogP contribution in [-0.4, -0.2) is 72.4 Å². The van der Waals surface area contributed by atoms with E-state index in [4.69, 9.17) is 4.74 Å². The molecule has 2 aromatic rings. The van der Waals surface area contributed by atoms with Crippen molar-refractivity contribution in [3.63, 3.8) is 0 Å². The van der Waals surface area contributed by atoms with Gasteiger partial charge in [-0.05, 0) is 49.3 Å². The van der Waals surface area contributed by atoms with E-state index >= 15 is 0 Å². The molecule has 0 aliphatic carbocycles. The SMILES string of the molecule is COC(=O)c1cc(C(=O)N2CCC3(CCN(C(=O)COc4ccccc4C)CC3)C2)cc([N+](=O)[O-])c1. The molecule has 0 saturated carbocycles. The van der Waals surface area contributed by atoms with Crippen LogP contribution < -0.4 is 4.74 Å². The Morgan fingerprint density at radius 1 is 1.00 bits per heavy atom. The summed E-state index contributed by atoms with van der Waals surface area (Å²) < 4.78 is 10.4. The number of hydrogen-bond acceptors (Lipinski definition) is 7. The molecule has 0 bridgehead atoms. The highest BCUT2D eigenvalue weighted by molar-refractivity contribution is 5.99. The first kappa shape index (κ1) is 25.2. The summed E-state index contributed by atoms with van der Waals surface area (Å²) in [5.74, 6) is -0.466. The van der Waals surface area contributed by atoms with Gasteiger partial charge in [0.25, 0.3) is 17.5 Å². The first-order chi connectivity index (χ1) is 17.2. The maximum Gasteiger partial charge on any atom is 0.338 e. The van der Waals surface area contributed by atoms with Crippen LogP contribution in [0.3, 0.4) is 0 Å². The number of para-hydroxylation sites is 1. The fourth-order valence-corrected chi connectivity index (χ4v) is 4.95. The van der Waals surface area contributed by atoms with Crippen LogP contribution in [0.4, 0.5) is 5.69 Å². The number of nitrogens with zero attached hydrogens (tertiary/aromatic N) is 3. The predicted octanol–water partition coefficient (Wildman–Crippen LogP) is 3.22. The highest BCUT2D eigenvalue weighted by Gasteiger charge is 2.43. The van der Waals surface area contributed by atoms with Gasteiger partial charge >= 0.3 is 5.97 Å². The number of piperidine rings is 1. The molecule has 1 spiro atoms. The zero-order valence-electron chi connectivity index (χ0n) is 20.4. The van der Waals surface area contributed by atoms with Gasteiger partial charge in [-0.3, -0.25) is 19.7 Å². The van der Waals surface area contributed by atoms with Gasteiger partial charge < -0.3 is 19.3 Å². The molecule has 36 heavy (non-hydrogen) atoms. The van der Waals surface area contributed by atoms with Gasteiger partial charge in [-0.1, -0.05) is 18.2 Å². The number of non-ortho nitro benzene ring substituents is 1. The molecule has 2 fully saturated rings. The van der Waals surface area contributed by atoms with E-state index in [1.807, 2.05) is 31.2 Å². The minimum absolute atomic E-state index is 0.0161. The molecule has 0 N–H and O–H groups in total. The van der Waals surface area contributed by atoms with Crippen LogP contribution in [0, 0.1) is 22.5 Å². The number of carbonyl (C=O) groups excluding carboxylic acids is 3. The Labute approximate surface area is 208 Å². The van der Waals surface area contributed by atoms with Gasteiger partial charge in [0, 0.05) is 43.9 Å². The minimum Gasteiger partial charge on any atom is -0.484 e. The van der Waals surface area contributed by atoms with E-state index in [2.05, 4.69) is 4.74 Å². The molecule has 0 atom stereocenters. The molecule has 0 unspecified atom stereocenters. The molecular formula is C26H29N3O7. The Balaban J connectivity index is 1.36. The molecule has 2 heterocycles. The second-order valence-electron chi connectivity index (χ2n) is 9.43. The second-order valence-corrected chi connectivity index (χ2v) is 9.43. The Morgan fingerprint density at radius 3 is 2.28 bits per heavy atom. The number of nitro benzene ring substituents is 1. The van der Waals surface area contributed by atoms with Crippen LogP contribution in [-0.2, 0) is 9.53 Å². The zero-order valence-corrected chi connectivity index (χ0v) is 20.4. The van der Waals surface area contributed by atoms with E-state index in [1.54, 1.807) is 9.80 Å². The number of esters is 1. The maximum atomic E-state index is 13.2. The van der Waals surface area contributed by atoms with Crippen molar-refractivity contribution in [2.75, 3.05) is 39.9 Å². The maximum absolute atomic E-state index is 13.2. The van der Waals surface area contributed by atoms with E-state index in [0.29, 0.717) is 31.9 Å². The van der Waals surface area contributed by atoms with E-state index in [1.165, 1.54) is 19.2 Å². The average Bonchev–Trinajstić information content (AvgIpc) is 3.30. The Morgan fingerprint density at radius 2 is 1.64 bits per heavy atom. The third-order valence-electron chi connectivity index (χ3n) is 7.14. The standard InChI is InChI=1S/C26H29N3O7/c1-18-5-3-4-6-22(18)36-16-23(30)27-10-7-26(8-11-27)9-12-28(17-26)24(31)19-13-20(25(32)35-2)15-21(14-19)29(33)34/h3-6,13-15H,7-12,16-17H2,1-2H3. The third kappa shape index (κ3) is 5.32. The summed E-state index contributed by atoms with van der Waals surface area (Å²) in [6, 6.07) is 11.2. The lowest BCUT2D eigenvalue weighted by atomic mass is 9.78. The fourth-order valence-electron chi connectivity index (χ4n) is 4.95. The quantitative estimate of drug-likeness (QED) is 0.343. The minimum atomic E-state index is -0.742. The number of benzene rings is 2. The molecule has 4 rings (SSSR count). The molecule has 10 nitrogen and oxygen atoms in total. The van der Waals surface area contributed by atoms with Crippen molar-refractivity contribution >= 4 is 23.5 Å². The summed E-state index contributed by atoms with van der Waals surface area (Å²) in [5.41, 5.74) is 0.581. The molecule has 2 saturated heterocycles. The number of amides is 2. The van der Waals surface area contributed by atoms with Crippen LogP contribution in [0.25, 0.3) is 0 Å².